The Kier molecular flexibility index (Phi) is 5.17. The van der Waals surface area contributed by atoms with Crippen LogP contribution in [0.4, 0.5) is 11.4 Å². The molecule has 1 saturated carbocycles. The summed E-state index contributed by atoms with van der Waals surface area (Å²) in [4.78, 5) is 13.0. The van der Waals surface area contributed by atoms with E-state index in [4.69, 9.17) is 5.73 Å². The summed E-state index contributed by atoms with van der Waals surface area (Å²) in [5, 5.41) is 10.9. The number of non-ortho nitro benzene ring substituents is 1. The molecule has 0 heterocycles. The number of nitro benzene ring substituents is 1. The summed E-state index contributed by atoms with van der Waals surface area (Å²) < 4.78 is 0. The summed E-state index contributed by atoms with van der Waals surface area (Å²) in [6.45, 7) is 6.13. The Bertz CT molecular complexity index is 496. The zero-order valence-electron chi connectivity index (χ0n) is 12.9. The lowest BCUT2D eigenvalue weighted by atomic mass is 10.1. The van der Waals surface area contributed by atoms with Crippen molar-refractivity contribution >= 4 is 11.4 Å². The molecule has 1 aromatic carbocycles. The van der Waals surface area contributed by atoms with Crippen molar-refractivity contribution < 1.29 is 4.92 Å². The minimum Gasteiger partial charge on any atom is -0.398 e. The van der Waals surface area contributed by atoms with Crippen LogP contribution in [0.5, 0.6) is 0 Å². The standard InChI is InChI=1S/C16H25N3O2/c1-12(2)10-18(14-5-3-4-6-14)11-13-9-15(19(20)21)7-8-16(13)17/h7-9,12,14H,3-6,10-11,17H2,1-2H3. The van der Waals surface area contributed by atoms with Gasteiger partial charge in [-0.05, 0) is 30.4 Å². The van der Waals surface area contributed by atoms with Gasteiger partial charge in [-0.2, -0.15) is 0 Å². The molecule has 0 unspecified atom stereocenters. The highest BCUT2D eigenvalue weighted by Gasteiger charge is 2.24. The molecule has 0 saturated heterocycles. The molecule has 5 nitrogen and oxygen atoms in total. The Morgan fingerprint density at radius 3 is 2.62 bits per heavy atom. The molecule has 2 rings (SSSR count). The number of hydrogen-bond donors (Lipinski definition) is 1. The fraction of sp³-hybridized carbons (Fsp3) is 0.625. The molecule has 0 aromatic heterocycles. The number of anilines is 1. The van der Waals surface area contributed by atoms with Gasteiger partial charge >= 0.3 is 0 Å². The highest BCUT2D eigenvalue weighted by atomic mass is 16.6. The highest BCUT2D eigenvalue weighted by Crippen LogP contribution is 2.28. The van der Waals surface area contributed by atoms with Crippen molar-refractivity contribution in [2.45, 2.75) is 52.1 Å². The van der Waals surface area contributed by atoms with Crippen LogP contribution in [0.15, 0.2) is 18.2 Å². The molecule has 0 aliphatic heterocycles. The fourth-order valence-corrected chi connectivity index (χ4v) is 3.14. The van der Waals surface area contributed by atoms with Gasteiger partial charge in [0.2, 0.25) is 0 Å². The van der Waals surface area contributed by atoms with E-state index in [1.54, 1.807) is 12.1 Å². The third-order valence-electron chi connectivity index (χ3n) is 4.15. The first kappa shape index (κ1) is 15.8. The average molecular weight is 291 g/mol. The second-order valence-corrected chi connectivity index (χ2v) is 6.40. The lowest BCUT2D eigenvalue weighted by molar-refractivity contribution is -0.384. The smallest absolute Gasteiger partial charge is 0.269 e. The van der Waals surface area contributed by atoms with Crippen molar-refractivity contribution in [2.75, 3.05) is 12.3 Å². The Hall–Kier alpha value is -1.62. The molecule has 0 radical (unpaired) electrons. The lowest BCUT2D eigenvalue weighted by Gasteiger charge is -2.30. The molecule has 2 N–H and O–H groups in total. The zero-order valence-corrected chi connectivity index (χ0v) is 12.9. The van der Waals surface area contributed by atoms with Gasteiger partial charge in [-0.15, -0.1) is 0 Å². The SMILES string of the molecule is CC(C)CN(Cc1cc([N+](=O)[O-])ccc1N)C1CCCC1. The molecule has 1 fully saturated rings. The van der Waals surface area contributed by atoms with Crippen LogP contribution in [0.1, 0.15) is 45.1 Å². The van der Waals surface area contributed by atoms with Crippen LogP contribution in [-0.2, 0) is 6.54 Å². The molecule has 0 bridgehead atoms. The van der Waals surface area contributed by atoms with Crippen molar-refractivity contribution in [2.24, 2.45) is 5.92 Å². The molecule has 116 valence electrons. The molecule has 1 aliphatic carbocycles. The van der Waals surface area contributed by atoms with Gasteiger partial charge in [0.05, 0.1) is 4.92 Å². The maximum atomic E-state index is 10.9. The van der Waals surface area contributed by atoms with E-state index in [1.165, 1.54) is 31.7 Å². The number of nitrogens with two attached hydrogens (primary N) is 1. The number of benzene rings is 1. The van der Waals surface area contributed by atoms with Gasteiger partial charge in [-0.1, -0.05) is 26.7 Å². The van der Waals surface area contributed by atoms with E-state index < -0.39 is 0 Å². The molecule has 21 heavy (non-hydrogen) atoms. The van der Waals surface area contributed by atoms with Crippen LogP contribution in [0.25, 0.3) is 0 Å². The number of nitrogen functional groups attached to an aromatic ring is 1. The monoisotopic (exact) mass is 291 g/mol. The van der Waals surface area contributed by atoms with Crippen LogP contribution in [0, 0.1) is 16.0 Å². The number of nitrogens with zero attached hydrogens (tertiary/aromatic N) is 2. The molecular weight excluding hydrogens is 266 g/mol. The predicted octanol–water partition coefficient (Wildman–Crippen LogP) is 3.58. The van der Waals surface area contributed by atoms with Crippen LogP contribution >= 0.6 is 0 Å². The molecule has 5 heteroatoms. The van der Waals surface area contributed by atoms with Gasteiger partial charge in [0, 0.05) is 37.0 Å². The van der Waals surface area contributed by atoms with Gasteiger partial charge in [0.1, 0.15) is 0 Å². The number of nitro groups is 1. The summed E-state index contributed by atoms with van der Waals surface area (Å²) in [5.74, 6) is 0.575. The van der Waals surface area contributed by atoms with E-state index in [0.29, 0.717) is 24.2 Å². The first-order valence-corrected chi connectivity index (χ1v) is 7.74. The quantitative estimate of drug-likeness (QED) is 0.494. The molecular formula is C16H25N3O2. The van der Waals surface area contributed by atoms with Gasteiger partial charge in [0.15, 0.2) is 0 Å². The predicted molar refractivity (Wildman–Crippen MR) is 85.0 cm³/mol. The zero-order chi connectivity index (χ0) is 15.4. The summed E-state index contributed by atoms with van der Waals surface area (Å²) in [7, 11) is 0. The topological polar surface area (TPSA) is 72.4 Å². The van der Waals surface area contributed by atoms with Crippen molar-refractivity contribution in [3.8, 4) is 0 Å². The fourth-order valence-electron chi connectivity index (χ4n) is 3.14. The van der Waals surface area contributed by atoms with E-state index in [9.17, 15) is 10.1 Å². The Morgan fingerprint density at radius 2 is 2.05 bits per heavy atom. The Labute approximate surface area is 126 Å². The molecule has 1 aromatic rings. The van der Waals surface area contributed by atoms with Crippen molar-refractivity contribution in [3.05, 3.63) is 33.9 Å². The second-order valence-electron chi connectivity index (χ2n) is 6.40. The Balaban J connectivity index is 2.18. The van der Waals surface area contributed by atoms with E-state index in [0.717, 1.165) is 12.1 Å². The summed E-state index contributed by atoms with van der Waals surface area (Å²) in [6, 6.07) is 5.33. The van der Waals surface area contributed by atoms with E-state index >= 15 is 0 Å². The maximum Gasteiger partial charge on any atom is 0.269 e. The third kappa shape index (κ3) is 4.17. The maximum absolute atomic E-state index is 10.9. The molecule has 0 spiro atoms. The van der Waals surface area contributed by atoms with Crippen LogP contribution < -0.4 is 5.73 Å². The minimum absolute atomic E-state index is 0.120. The molecule has 1 aliphatic rings. The minimum atomic E-state index is -0.356. The first-order chi connectivity index (χ1) is 9.97. The van der Waals surface area contributed by atoms with E-state index in [-0.39, 0.29) is 10.6 Å². The number of rotatable bonds is 6. The van der Waals surface area contributed by atoms with Gasteiger partial charge in [-0.25, -0.2) is 0 Å². The molecule has 0 amide bonds. The van der Waals surface area contributed by atoms with Crippen molar-refractivity contribution in [3.63, 3.8) is 0 Å². The van der Waals surface area contributed by atoms with Crippen LogP contribution in [-0.4, -0.2) is 22.4 Å². The number of hydrogen-bond acceptors (Lipinski definition) is 4. The molecule has 0 atom stereocenters. The van der Waals surface area contributed by atoms with Crippen molar-refractivity contribution in [1.82, 2.24) is 4.90 Å². The summed E-state index contributed by atoms with van der Waals surface area (Å²) in [5.41, 5.74) is 7.66. The first-order valence-electron chi connectivity index (χ1n) is 7.74. The second kappa shape index (κ2) is 6.89. The van der Waals surface area contributed by atoms with Crippen LogP contribution in [0.2, 0.25) is 0 Å². The normalized spacial score (nSPS) is 16.0. The van der Waals surface area contributed by atoms with Crippen LogP contribution in [0.3, 0.4) is 0 Å². The van der Waals surface area contributed by atoms with Gasteiger partial charge in [0.25, 0.3) is 5.69 Å². The third-order valence-corrected chi connectivity index (χ3v) is 4.15. The summed E-state index contributed by atoms with van der Waals surface area (Å²) >= 11 is 0. The average Bonchev–Trinajstić information content (AvgIpc) is 2.93. The van der Waals surface area contributed by atoms with E-state index in [1.807, 2.05) is 0 Å². The lowest BCUT2D eigenvalue weighted by Crippen LogP contribution is -2.35. The van der Waals surface area contributed by atoms with E-state index in [2.05, 4.69) is 18.7 Å². The van der Waals surface area contributed by atoms with Crippen molar-refractivity contribution in [1.29, 1.82) is 0 Å². The van der Waals surface area contributed by atoms with Gasteiger partial charge < -0.3 is 5.73 Å². The van der Waals surface area contributed by atoms with Gasteiger partial charge in [-0.3, -0.25) is 15.0 Å². The summed E-state index contributed by atoms with van der Waals surface area (Å²) in [6.07, 6.45) is 5.01. The highest BCUT2D eigenvalue weighted by molar-refractivity contribution is 5.52. The Morgan fingerprint density at radius 1 is 1.38 bits per heavy atom. The largest absolute Gasteiger partial charge is 0.398 e.